The Kier molecular flexibility index (Phi) is 29.7. The fourth-order valence-corrected chi connectivity index (χ4v) is 7.32. The van der Waals surface area contributed by atoms with E-state index in [0.717, 1.165) is 64.2 Å². The summed E-state index contributed by atoms with van der Waals surface area (Å²) in [5.41, 5.74) is 0. The molecule has 1 aliphatic rings. The molecule has 0 bridgehead atoms. The summed E-state index contributed by atoms with van der Waals surface area (Å²) >= 11 is 0. The first kappa shape index (κ1) is 49.2. The van der Waals surface area contributed by atoms with Gasteiger partial charge in [0.1, 0.15) is 13.2 Å². The summed E-state index contributed by atoms with van der Waals surface area (Å²) in [5, 5.41) is 13.9. The van der Waals surface area contributed by atoms with Gasteiger partial charge >= 0.3 is 7.82 Å². The van der Waals surface area contributed by atoms with Gasteiger partial charge in [-0.3, -0.25) is 13.8 Å². The fraction of sp³-hybridized carbons (Fsp3) is 0.929. The minimum absolute atomic E-state index is 0.0701. The number of nitrogens with zero attached hydrogens (tertiary/aromatic N) is 1. The first-order chi connectivity index (χ1) is 25.0. The highest BCUT2D eigenvalue weighted by Crippen LogP contribution is 2.43. The lowest BCUT2D eigenvalue weighted by molar-refractivity contribution is -0.870. The first-order valence-electron chi connectivity index (χ1n) is 21.7. The van der Waals surface area contributed by atoms with Crippen LogP contribution in [0.3, 0.4) is 0 Å². The summed E-state index contributed by atoms with van der Waals surface area (Å²) < 4.78 is 29.4. The lowest BCUT2D eigenvalue weighted by Crippen LogP contribution is -2.46. The van der Waals surface area contributed by atoms with Crippen LogP contribution in [0.5, 0.6) is 0 Å². The van der Waals surface area contributed by atoms with E-state index in [1.54, 1.807) is 0 Å². The molecule has 0 aromatic carbocycles. The molecule has 1 aliphatic heterocycles. The number of ether oxygens (including phenoxy) is 1. The Morgan fingerprint density at radius 3 is 1.88 bits per heavy atom. The molecule has 5 atom stereocenters. The average molecular weight is 760 g/mol. The van der Waals surface area contributed by atoms with Crippen molar-refractivity contribution in [2.75, 3.05) is 40.9 Å². The van der Waals surface area contributed by atoms with Crippen LogP contribution in [0, 0.1) is 0 Å². The molecular weight excluding hydrogens is 675 g/mol. The fourth-order valence-electron chi connectivity index (χ4n) is 6.58. The third-order valence-corrected chi connectivity index (χ3v) is 11.2. The number of likely N-dealkylation sites (N-methyl/N-ethyl adjacent to an activating group) is 1. The number of carbonyl (C=O) groups excluding carboxylic acids is 1. The molecule has 3 unspecified atom stereocenters. The maximum atomic E-state index is 12.9. The van der Waals surface area contributed by atoms with E-state index in [2.05, 4.69) is 31.3 Å². The van der Waals surface area contributed by atoms with E-state index in [0.29, 0.717) is 36.1 Å². The standard InChI is InChI=1S/C42H83N2O7P/c1-6-8-10-12-14-15-16-17-18-19-20-21-23-27-31-39(45)38(37-50-52(47,48)49-36-35-44(3,4)5)43-42(46)34-30-26-22-25-29-33-41-40(51-41)32-28-24-13-11-9-7-2/h24,28,38-41,45H,6-23,25-27,29-37H2,1-5H3,(H-,43,46,47,48)/p+1/b28-24-/t38-,39+,40?,41?/m0/s1. The number of epoxide rings is 1. The van der Waals surface area contributed by atoms with Crippen LogP contribution < -0.4 is 5.32 Å². The van der Waals surface area contributed by atoms with Gasteiger partial charge in [0.25, 0.3) is 0 Å². The second-order valence-corrected chi connectivity index (χ2v) is 17.9. The molecule has 1 heterocycles. The van der Waals surface area contributed by atoms with Crippen molar-refractivity contribution in [3.8, 4) is 0 Å². The quantitative estimate of drug-likeness (QED) is 0.0189. The molecule has 0 aliphatic carbocycles. The Morgan fingerprint density at radius 2 is 1.29 bits per heavy atom. The van der Waals surface area contributed by atoms with Gasteiger partial charge in [0.2, 0.25) is 5.91 Å². The van der Waals surface area contributed by atoms with E-state index in [9.17, 15) is 19.4 Å². The van der Waals surface area contributed by atoms with E-state index in [1.807, 2.05) is 21.1 Å². The first-order valence-corrected chi connectivity index (χ1v) is 23.2. The average Bonchev–Trinajstić information content (AvgIpc) is 3.84. The monoisotopic (exact) mass is 760 g/mol. The van der Waals surface area contributed by atoms with E-state index < -0.39 is 20.0 Å². The number of aliphatic hydroxyl groups is 1. The normalized spacial score (nSPS) is 18.4. The van der Waals surface area contributed by atoms with Crippen LogP contribution in [0.1, 0.15) is 187 Å². The molecule has 1 saturated heterocycles. The van der Waals surface area contributed by atoms with Gasteiger partial charge < -0.3 is 24.5 Å². The van der Waals surface area contributed by atoms with Crippen LogP contribution in [0.4, 0.5) is 0 Å². The number of rotatable bonds is 38. The third kappa shape index (κ3) is 30.5. The Hall–Kier alpha value is -0.800. The van der Waals surface area contributed by atoms with Crippen molar-refractivity contribution in [3.63, 3.8) is 0 Å². The van der Waals surface area contributed by atoms with Crippen molar-refractivity contribution >= 4 is 13.7 Å². The van der Waals surface area contributed by atoms with E-state index >= 15 is 0 Å². The van der Waals surface area contributed by atoms with Gasteiger partial charge in [-0.15, -0.1) is 0 Å². The van der Waals surface area contributed by atoms with Gasteiger partial charge in [-0.05, 0) is 38.5 Å². The van der Waals surface area contributed by atoms with Crippen molar-refractivity contribution < 1.29 is 37.6 Å². The highest BCUT2D eigenvalue weighted by molar-refractivity contribution is 7.47. The summed E-state index contributed by atoms with van der Waals surface area (Å²) in [5.74, 6) is -0.163. The van der Waals surface area contributed by atoms with Crippen LogP contribution in [0.2, 0.25) is 0 Å². The molecule has 0 aromatic rings. The number of hydrogen-bond donors (Lipinski definition) is 3. The summed E-state index contributed by atoms with van der Waals surface area (Å²) in [6.07, 6.45) is 35.3. The Balaban J connectivity index is 2.31. The smallest absolute Gasteiger partial charge is 0.391 e. The molecule has 0 spiro atoms. The molecular formula is C42H84N2O7P+. The summed E-state index contributed by atoms with van der Waals surface area (Å²) in [6, 6.07) is -0.769. The molecule has 0 saturated carbocycles. The Bertz CT molecular complexity index is 928. The Labute approximate surface area is 320 Å². The maximum Gasteiger partial charge on any atom is 0.472 e. The molecule has 10 heteroatoms. The molecule has 3 N–H and O–H groups in total. The van der Waals surface area contributed by atoms with Gasteiger partial charge in [-0.1, -0.05) is 154 Å². The van der Waals surface area contributed by atoms with Crippen molar-refractivity contribution in [2.24, 2.45) is 0 Å². The predicted octanol–water partition coefficient (Wildman–Crippen LogP) is 10.6. The molecule has 1 amide bonds. The highest BCUT2D eigenvalue weighted by atomic mass is 31.2. The number of hydrogen-bond acceptors (Lipinski definition) is 6. The van der Waals surface area contributed by atoms with Gasteiger partial charge in [0, 0.05) is 6.42 Å². The molecule has 0 aromatic heterocycles. The maximum absolute atomic E-state index is 12.9. The Morgan fingerprint density at radius 1 is 0.750 bits per heavy atom. The van der Waals surface area contributed by atoms with E-state index in [4.69, 9.17) is 13.8 Å². The third-order valence-electron chi connectivity index (χ3n) is 10.2. The number of amides is 1. The SMILES string of the molecule is CCCCC/C=C\CC1OC1CCCCCCCC(=O)N[C@@H](COP(=O)(O)OCC[N+](C)(C)C)[C@H](O)CCCCCCCCCCCCCCCC. The molecule has 1 fully saturated rings. The number of aliphatic hydroxyl groups excluding tert-OH is 1. The van der Waals surface area contributed by atoms with Crippen LogP contribution in [-0.4, -0.2) is 85.6 Å². The number of allylic oxidation sites excluding steroid dienone is 1. The second-order valence-electron chi connectivity index (χ2n) is 16.5. The number of carbonyl (C=O) groups is 1. The second kappa shape index (κ2) is 31.4. The summed E-state index contributed by atoms with van der Waals surface area (Å²) in [7, 11) is 1.60. The number of unbranched alkanes of at least 4 members (excludes halogenated alkanes) is 20. The minimum Gasteiger partial charge on any atom is -0.391 e. The zero-order valence-electron chi connectivity index (χ0n) is 34.5. The predicted molar refractivity (Wildman–Crippen MR) is 216 cm³/mol. The van der Waals surface area contributed by atoms with Crippen LogP contribution in [0.25, 0.3) is 0 Å². The minimum atomic E-state index is -4.32. The van der Waals surface area contributed by atoms with Crippen molar-refractivity contribution in [1.82, 2.24) is 5.32 Å². The van der Waals surface area contributed by atoms with Crippen molar-refractivity contribution in [3.05, 3.63) is 12.2 Å². The van der Waals surface area contributed by atoms with E-state index in [1.165, 1.54) is 96.3 Å². The molecule has 1 rings (SSSR count). The van der Waals surface area contributed by atoms with Gasteiger partial charge in [0.05, 0.1) is 52.1 Å². The van der Waals surface area contributed by atoms with Gasteiger partial charge in [0.15, 0.2) is 0 Å². The number of phosphoric acid groups is 1. The topological polar surface area (TPSA) is 118 Å². The lowest BCUT2D eigenvalue weighted by atomic mass is 10.0. The molecule has 0 radical (unpaired) electrons. The zero-order chi connectivity index (χ0) is 38.3. The number of nitrogens with one attached hydrogen (secondary N) is 1. The molecule has 308 valence electrons. The van der Waals surface area contributed by atoms with Gasteiger partial charge in [-0.2, -0.15) is 0 Å². The molecule has 52 heavy (non-hydrogen) atoms. The van der Waals surface area contributed by atoms with Crippen molar-refractivity contribution in [1.29, 1.82) is 0 Å². The lowest BCUT2D eigenvalue weighted by Gasteiger charge is -2.26. The van der Waals surface area contributed by atoms with Crippen LogP contribution in [0.15, 0.2) is 12.2 Å². The van der Waals surface area contributed by atoms with Gasteiger partial charge in [-0.25, -0.2) is 4.57 Å². The zero-order valence-corrected chi connectivity index (χ0v) is 35.4. The highest BCUT2D eigenvalue weighted by Gasteiger charge is 2.36. The number of quaternary nitrogens is 1. The van der Waals surface area contributed by atoms with Crippen LogP contribution in [-0.2, 0) is 23.1 Å². The van der Waals surface area contributed by atoms with Crippen LogP contribution >= 0.6 is 7.82 Å². The number of phosphoric ester groups is 1. The summed E-state index contributed by atoms with van der Waals surface area (Å²) in [4.78, 5) is 23.1. The molecule has 9 nitrogen and oxygen atoms in total. The van der Waals surface area contributed by atoms with E-state index in [-0.39, 0.29) is 19.1 Å². The van der Waals surface area contributed by atoms with Crippen molar-refractivity contribution in [2.45, 2.75) is 212 Å². The largest absolute Gasteiger partial charge is 0.472 e. The summed E-state index contributed by atoms with van der Waals surface area (Å²) in [6.45, 7) is 4.83.